The number of thioether (sulfide) groups is 1. The van der Waals surface area contributed by atoms with Gasteiger partial charge in [0.2, 0.25) is 0 Å². The van der Waals surface area contributed by atoms with Crippen LogP contribution in [0.25, 0.3) is 10.2 Å². The van der Waals surface area contributed by atoms with Gasteiger partial charge in [0.05, 0.1) is 17.6 Å². The first kappa shape index (κ1) is 15.8. The lowest BCUT2D eigenvalue weighted by molar-refractivity contribution is -0.0543. The molecule has 2 aromatic heterocycles. The van der Waals surface area contributed by atoms with Gasteiger partial charge >= 0.3 is 0 Å². The van der Waals surface area contributed by atoms with Crippen LogP contribution in [0, 0.1) is 0 Å². The number of allylic oxidation sites excluding steroid dienone is 1. The van der Waals surface area contributed by atoms with Crippen LogP contribution in [0.3, 0.4) is 0 Å². The molecule has 118 valence electrons. The van der Waals surface area contributed by atoms with Crippen LogP contribution >= 0.6 is 23.1 Å². The summed E-state index contributed by atoms with van der Waals surface area (Å²) in [5, 5.41) is 1.53. The Balaban J connectivity index is 2.26. The molecule has 0 fully saturated rings. The van der Waals surface area contributed by atoms with Gasteiger partial charge < -0.3 is 4.74 Å². The van der Waals surface area contributed by atoms with Crippen LogP contribution in [0.15, 0.2) is 22.6 Å². The van der Waals surface area contributed by atoms with E-state index in [2.05, 4.69) is 20.4 Å². The van der Waals surface area contributed by atoms with Crippen molar-refractivity contribution in [2.45, 2.75) is 50.6 Å². The number of fused-ring (bicyclic) bond motifs is 3. The van der Waals surface area contributed by atoms with Gasteiger partial charge in [0.25, 0.3) is 5.56 Å². The zero-order valence-electron chi connectivity index (χ0n) is 13.1. The highest BCUT2D eigenvalue weighted by atomic mass is 32.2. The molecular weight excluding hydrogens is 316 g/mol. The number of hydrogen-bond donors (Lipinski definition) is 0. The molecule has 2 aromatic rings. The smallest absolute Gasteiger partial charge is 0.263 e. The second kappa shape index (κ2) is 5.83. The molecule has 0 unspecified atom stereocenters. The van der Waals surface area contributed by atoms with Gasteiger partial charge in [-0.15, -0.1) is 17.9 Å². The molecule has 22 heavy (non-hydrogen) atoms. The average Bonchev–Trinajstić information content (AvgIpc) is 2.87. The first-order valence-electron chi connectivity index (χ1n) is 7.37. The van der Waals surface area contributed by atoms with Gasteiger partial charge in [-0.05, 0) is 25.2 Å². The first-order valence-corrected chi connectivity index (χ1v) is 9.41. The zero-order valence-corrected chi connectivity index (χ0v) is 14.8. The Kier molecular flexibility index (Phi) is 4.18. The summed E-state index contributed by atoms with van der Waals surface area (Å²) in [4.78, 5) is 19.6. The molecule has 0 aliphatic carbocycles. The third kappa shape index (κ3) is 2.43. The molecule has 3 rings (SSSR count). The lowest BCUT2D eigenvalue weighted by Gasteiger charge is -2.32. The van der Waals surface area contributed by atoms with Crippen molar-refractivity contribution in [1.29, 1.82) is 0 Å². The van der Waals surface area contributed by atoms with Crippen molar-refractivity contribution in [3.63, 3.8) is 0 Å². The van der Waals surface area contributed by atoms with E-state index >= 15 is 0 Å². The van der Waals surface area contributed by atoms with Crippen molar-refractivity contribution in [1.82, 2.24) is 9.55 Å². The topological polar surface area (TPSA) is 44.1 Å². The molecule has 0 saturated heterocycles. The maximum Gasteiger partial charge on any atom is 0.263 e. The summed E-state index contributed by atoms with van der Waals surface area (Å²) >= 11 is 3.09. The van der Waals surface area contributed by atoms with E-state index in [0.29, 0.717) is 13.2 Å². The number of hydrogen-bond acceptors (Lipinski definition) is 5. The highest BCUT2D eigenvalue weighted by Gasteiger charge is 2.33. The summed E-state index contributed by atoms with van der Waals surface area (Å²) < 4.78 is 7.71. The minimum absolute atomic E-state index is 0.0482. The summed E-state index contributed by atoms with van der Waals surface area (Å²) in [6, 6.07) is 0. The average molecular weight is 336 g/mol. The Morgan fingerprint density at radius 1 is 1.59 bits per heavy atom. The fourth-order valence-corrected chi connectivity index (χ4v) is 4.52. The summed E-state index contributed by atoms with van der Waals surface area (Å²) in [5.41, 5.74) is 1.00. The van der Waals surface area contributed by atoms with E-state index in [9.17, 15) is 4.79 Å². The third-order valence-electron chi connectivity index (χ3n) is 4.30. The van der Waals surface area contributed by atoms with Crippen LogP contribution in [0.4, 0.5) is 0 Å². The predicted molar refractivity (Wildman–Crippen MR) is 93.0 cm³/mol. The minimum Gasteiger partial charge on any atom is -0.369 e. The fourth-order valence-electron chi connectivity index (χ4n) is 2.81. The lowest BCUT2D eigenvalue weighted by atomic mass is 9.90. The minimum atomic E-state index is -0.186. The van der Waals surface area contributed by atoms with Crippen molar-refractivity contribution in [3.05, 3.63) is 33.4 Å². The SMILES string of the molecule is C=CCn1c(SC)nc2sc3c(c2c1=O)C[C@@](C)(CC)OC3. The van der Waals surface area contributed by atoms with Gasteiger partial charge in [-0.1, -0.05) is 24.8 Å². The normalized spacial score (nSPS) is 21.0. The second-order valence-corrected chi connectivity index (χ2v) is 7.61. The van der Waals surface area contributed by atoms with Crippen LogP contribution in [-0.2, 0) is 24.3 Å². The lowest BCUT2D eigenvalue weighted by Crippen LogP contribution is -2.34. The monoisotopic (exact) mass is 336 g/mol. The Hall–Kier alpha value is -1.11. The van der Waals surface area contributed by atoms with Crippen LogP contribution < -0.4 is 5.56 Å². The molecule has 0 N–H and O–H groups in total. The molecule has 1 aliphatic heterocycles. The molecule has 0 spiro atoms. The molecule has 0 aromatic carbocycles. The molecule has 0 bridgehead atoms. The quantitative estimate of drug-likeness (QED) is 0.486. The molecule has 3 heterocycles. The fraction of sp³-hybridized carbons (Fsp3) is 0.500. The van der Waals surface area contributed by atoms with E-state index in [1.54, 1.807) is 22.0 Å². The summed E-state index contributed by atoms with van der Waals surface area (Å²) in [7, 11) is 0. The van der Waals surface area contributed by atoms with Crippen molar-refractivity contribution in [2.75, 3.05) is 6.26 Å². The Morgan fingerprint density at radius 3 is 3.00 bits per heavy atom. The molecule has 6 heteroatoms. The van der Waals surface area contributed by atoms with Crippen molar-refractivity contribution < 1.29 is 4.74 Å². The van der Waals surface area contributed by atoms with Crippen molar-refractivity contribution in [3.8, 4) is 0 Å². The highest BCUT2D eigenvalue weighted by Crippen LogP contribution is 2.38. The van der Waals surface area contributed by atoms with Gasteiger partial charge in [-0.25, -0.2) is 4.98 Å². The molecule has 0 amide bonds. The van der Waals surface area contributed by atoms with E-state index in [1.807, 2.05) is 6.26 Å². The number of thiophene rings is 1. The van der Waals surface area contributed by atoms with Gasteiger partial charge in [0.1, 0.15) is 4.83 Å². The maximum absolute atomic E-state index is 13.0. The molecular formula is C16H20N2O2S2. The van der Waals surface area contributed by atoms with Crippen LogP contribution in [0.5, 0.6) is 0 Å². The van der Waals surface area contributed by atoms with Crippen molar-refractivity contribution >= 4 is 33.3 Å². The largest absolute Gasteiger partial charge is 0.369 e. The van der Waals surface area contributed by atoms with Gasteiger partial charge in [-0.3, -0.25) is 9.36 Å². The first-order chi connectivity index (χ1) is 10.5. The van der Waals surface area contributed by atoms with Gasteiger partial charge in [0.15, 0.2) is 5.16 Å². The van der Waals surface area contributed by atoms with Crippen molar-refractivity contribution in [2.24, 2.45) is 0 Å². The molecule has 0 radical (unpaired) electrons. The standard InChI is InChI=1S/C16H20N2O2S2/c1-5-7-18-14(19)12-10-8-16(3,6-2)20-9-11(10)22-13(12)17-15(18)21-4/h5H,1,6-9H2,2-4H3/t16-/m1/s1. The second-order valence-electron chi connectivity index (χ2n) is 5.76. The molecule has 1 atom stereocenters. The summed E-state index contributed by atoms with van der Waals surface area (Å²) in [6.07, 6.45) is 5.40. The summed E-state index contributed by atoms with van der Waals surface area (Å²) in [6.45, 7) is 9.06. The predicted octanol–water partition coefficient (Wildman–Crippen LogP) is 3.61. The summed E-state index contributed by atoms with van der Waals surface area (Å²) in [5.74, 6) is 0. The van der Waals surface area contributed by atoms with E-state index in [-0.39, 0.29) is 11.2 Å². The van der Waals surface area contributed by atoms with Gasteiger partial charge in [-0.2, -0.15) is 0 Å². The van der Waals surface area contributed by atoms with Gasteiger partial charge in [0, 0.05) is 17.8 Å². The van der Waals surface area contributed by atoms with Crippen LogP contribution in [0.1, 0.15) is 30.7 Å². The maximum atomic E-state index is 13.0. The molecule has 0 saturated carbocycles. The number of rotatable bonds is 4. The number of nitrogens with zero attached hydrogens (tertiary/aromatic N) is 2. The van der Waals surface area contributed by atoms with E-state index in [4.69, 9.17) is 9.72 Å². The van der Waals surface area contributed by atoms with Crippen LogP contribution in [-0.4, -0.2) is 21.4 Å². The Morgan fingerprint density at radius 2 is 2.36 bits per heavy atom. The third-order valence-corrected chi connectivity index (χ3v) is 6.08. The number of aromatic nitrogens is 2. The highest BCUT2D eigenvalue weighted by molar-refractivity contribution is 7.98. The number of ether oxygens (including phenoxy) is 1. The van der Waals surface area contributed by atoms with E-state index in [0.717, 1.165) is 38.7 Å². The van der Waals surface area contributed by atoms with E-state index in [1.165, 1.54) is 11.8 Å². The molecule has 4 nitrogen and oxygen atoms in total. The van der Waals surface area contributed by atoms with Crippen LogP contribution in [0.2, 0.25) is 0 Å². The Labute approximate surface area is 138 Å². The zero-order chi connectivity index (χ0) is 15.9. The molecule has 1 aliphatic rings. The Bertz CT molecular complexity index is 794. The van der Waals surface area contributed by atoms with E-state index < -0.39 is 0 Å².